The minimum Gasteiger partial charge on any atom is -0.367 e. The van der Waals surface area contributed by atoms with Gasteiger partial charge >= 0.3 is 0 Å². The number of fused-ring (bicyclic) bond motifs is 1. The Morgan fingerprint density at radius 2 is 1.59 bits per heavy atom. The number of carbonyl (C=O) groups excluding carboxylic acids is 2. The van der Waals surface area contributed by atoms with Gasteiger partial charge in [-0.15, -0.1) is 0 Å². The first-order valence-corrected chi connectivity index (χ1v) is 12.5. The summed E-state index contributed by atoms with van der Waals surface area (Å²) in [5, 5.41) is 0. The van der Waals surface area contributed by atoms with Crippen molar-refractivity contribution >= 4 is 27.3 Å². The highest BCUT2D eigenvalue weighted by Crippen LogP contribution is 2.36. The fourth-order valence-electron chi connectivity index (χ4n) is 4.48. The van der Waals surface area contributed by atoms with Gasteiger partial charge in [-0.2, -0.15) is 0 Å². The number of benzene rings is 2. The first-order valence-electron chi connectivity index (χ1n) is 11.0. The summed E-state index contributed by atoms with van der Waals surface area (Å²) in [6.07, 6.45) is 1.69. The molecule has 2 aromatic rings. The molecule has 0 saturated carbocycles. The number of allylic oxidation sites excluding steroid dienone is 2. The van der Waals surface area contributed by atoms with Crippen LogP contribution in [0.1, 0.15) is 53.0 Å². The number of ketones is 2. The highest BCUT2D eigenvalue weighted by atomic mass is 32.2. The van der Waals surface area contributed by atoms with Crippen LogP contribution >= 0.6 is 0 Å². The highest BCUT2D eigenvalue weighted by molar-refractivity contribution is 7.97. The lowest BCUT2D eigenvalue weighted by Gasteiger charge is -2.36. The largest absolute Gasteiger partial charge is 0.367 e. The molecule has 0 aromatic heterocycles. The van der Waals surface area contributed by atoms with E-state index in [0.29, 0.717) is 24.7 Å². The fraction of sp³-hybridized carbons (Fsp3) is 0.360. The molecule has 1 fully saturated rings. The van der Waals surface area contributed by atoms with Crippen LogP contribution in [0.2, 0.25) is 0 Å². The molecule has 0 amide bonds. The average molecular weight is 453 g/mol. The maximum atomic E-state index is 14.0. The lowest BCUT2D eigenvalue weighted by atomic mass is 9.90. The number of anilines is 1. The summed E-state index contributed by atoms with van der Waals surface area (Å²) in [7, 11) is -4.28. The maximum Gasteiger partial charge on any atom is 0.270 e. The van der Waals surface area contributed by atoms with Gasteiger partial charge in [0, 0.05) is 30.8 Å². The molecule has 6 nitrogen and oxygen atoms in total. The first kappa shape index (κ1) is 22.3. The predicted molar refractivity (Wildman–Crippen MR) is 125 cm³/mol. The van der Waals surface area contributed by atoms with E-state index >= 15 is 0 Å². The highest BCUT2D eigenvalue weighted by Gasteiger charge is 2.44. The SMILES string of the molecule is CCN(c1cccc(C)c1)S(=O)(=O)C1=C(N2CCC(C)CC2)C(=O)c2ccccc2C1=O. The maximum absolute atomic E-state index is 14.0. The van der Waals surface area contributed by atoms with E-state index < -0.39 is 26.5 Å². The van der Waals surface area contributed by atoms with Gasteiger partial charge in [-0.1, -0.05) is 43.3 Å². The molecule has 1 aliphatic heterocycles. The van der Waals surface area contributed by atoms with Crippen molar-refractivity contribution in [3.8, 4) is 0 Å². The van der Waals surface area contributed by atoms with Crippen LogP contribution in [0.15, 0.2) is 59.1 Å². The van der Waals surface area contributed by atoms with Gasteiger partial charge in [0.2, 0.25) is 11.6 Å². The van der Waals surface area contributed by atoms with E-state index in [1.807, 2.05) is 13.0 Å². The zero-order valence-electron chi connectivity index (χ0n) is 18.7. The van der Waals surface area contributed by atoms with E-state index in [2.05, 4.69) is 6.92 Å². The van der Waals surface area contributed by atoms with Gasteiger partial charge in [-0.3, -0.25) is 13.9 Å². The van der Waals surface area contributed by atoms with Gasteiger partial charge in [0.25, 0.3) is 10.0 Å². The van der Waals surface area contributed by atoms with E-state index in [4.69, 9.17) is 0 Å². The number of nitrogens with zero attached hydrogens (tertiary/aromatic N) is 2. The zero-order valence-corrected chi connectivity index (χ0v) is 19.5. The van der Waals surface area contributed by atoms with Gasteiger partial charge in [0.15, 0.2) is 4.91 Å². The number of likely N-dealkylation sites (tertiary alicyclic amines) is 1. The molecule has 2 aromatic carbocycles. The Kier molecular flexibility index (Phi) is 5.95. The average Bonchev–Trinajstić information content (AvgIpc) is 2.77. The molecule has 7 heteroatoms. The number of rotatable bonds is 5. The molecule has 0 atom stereocenters. The second-order valence-electron chi connectivity index (χ2n) is 8.56. The second kappa shape index (κ2) is 8.54. The van der Waals surface area contributed by atoms with Crippen LogP contribution in [-0.2, 0) is 10.0 Å². The van der Waals surface area contributed by atoms with Crippen LogP contribution in [0, 0.1) is 12.8 Å². The topological polar surface area (TPSA) is 74.8 Å². The predicted octanol–water partition coefficient (Wildman–Crippen LogP) is 4.17. The van der Waals surface area contributed by atoms with Crippen LogP contribution in [-0.4, -0.2) is 44.5 Å². The molecule has 1 aliphatic carbocycles. The van der Waals surface area contributed by atoms with E-state index in [9.17, 15) is 18.0 Å². The quantitative estimate of drug-likeness (QED) is 0.681. The van der Waals surface area contributed by atoms with Gasteiger partial charge in [0.1, 0.15) is 5.70 Å². The molecule has 0 unspecified atom stereocenters. The van der Waals surface area contributed by atoms with Crippen molar-refractivity contribution in [3.63, 3.8) is 0 Å². The molecule has 0 spiro atoms. The molecule has 1 heterocycles. The van der Waals surface area contributed by atoms with Crippen LogP contribution in [0.4, 0.5) is 5.69 Å². The van der Waals surface area contributed by atoms with E-state index in [-0.39, 0.29) is 23.4 Å². The molecule has 168 valence electrons. The van der Waals surface area contributed by atoms with Crippen molar-refractivity contribution in [3.05, 3.63) is 75.8 Å². The first-order chi connectivity index (χ1) is 15.3. The van der Waals surface area contributed by atoms with E-state index in [1.54, 1.807) is 48.2 Å². The third-order valence-electron chi connectivity index (χ3n) is 6.28. The molecular formula is C25H28N2O4S. The number of sulfonamides is 1. The number of hydrogen-bond acceptors (Lipinski definition) is 5. The van der Waals surface area contributed by atoms with Crippen LogP contribution in [0.5, 0.6) is 0 Å². The van der Waals surface area contributed by atoms with Crippen molar-refractivity contribution in [1.29, 1.82) is 0 Å². The van der Waals surface area contributed by atoms with Crippen LogP contribution in [0.25, 0.3) is 0 Å². The molecule has 0 radical (unpaired) electrons. The Labute approximate surface area is 189 Å². The van der Waals surface area contributed by atoms with Gasteiger partial charge < -0.3 is 4.90 Å². The smallest absolute Gasteiger partial charge is 0.270 e. The molecule has 32 heavy (non-hydrogen) atoms. The van der Waals surface area contributed by atoms with Crippen LogP contribution < -0.4 is 4.31 Å². The number of piperidine rings is 1. The lowest BCUT2D eigenvalue weighted by molar-refractivity contribution is 0.0932. The minimum atomic E-state index is -4.28. The Balaban J connectivity index is 1.92. The molecule has 0 bridgehead atoms. The van der Waals surface area contributed by atoms with Crippen molar-refractivity contribution in [2.24, 2.45) is 5.92 Å². The molecule has 0 N–H and O–H groups in total. The minimum absolute atomic E-state index is 0.0201. The number of aryl methyl sites for hydroxylation is 1. The molecule has 4 rings (SSSR count). The number of carbonyl (C=O) groups is 2. The third-order valence-corrected chi connectivity index (χ3v) is 8.22. The Morgan fingerprint density at radius 3 is 2.19 bits per heavy atom. The Bertz CT molecular complexity index is 1210. The summed E-state index contributed by atoms with van der Waals surface area (Å²) in [4.78, 5) is 28.6. The zero-order chi connectivity index (χ0) is 23.0. The van der Waals surface area contributed by atoms with Gasteiger partial charge in [-0.25, -0.2) is 8.42 Å². The van der Waals surface area contributed by atoms with Crippen molar-refractivity contribution < 1.29 is 18.0 Å². The Hall–Kier alpha value is -2.93. The monoisotopic (exact) mass is 452 g/mol. The second-order valence-corrected chi connectivity index (χ2v) is 10.4. The van der Waals surface area contributed by atoms with Crippen molar-refractivity contribution in [2.75, 3.05) is 23.9 Å². The summed E-state index contributed by atoms with van der Waals surface area (Å²) >= 11 is 0. The summed E-state index contributed by atoms with van der Waals surface area (Å²) in [5.74, 6) is -0.512. The standard InChI is InChI=1S/C25H28N2O4S/c1-4-27(19-9-7-8-18(3)16-19)32(30,31)25-22(26-14-12-17(2)13-15-26)23(28)20-10-5-6-11-21(20)24(25)29/h5-11,16-17H,4,12-15H2,1-3H3. The normalized spacial score (nSPS) is 17.5. The van der Waals surface area contributed by atoms with Crippen molar-refractivity contribution in [1.82, 2.24) is 4.90 Å². The third kappa shape index (κ3) is 3.75. The van der Waals surface area contributed by atoms with E-state index in [1.165, 1.54) is 10.4 Å². The van der Waals surface area contributed by atoms with Gasteiger partial charge in [-0.05, 0) is 50.3 Å². The Morgan fingerprint density at radius 1 is 0.969 bits per heavy atom. The lowest BCUT2D eigenvalue weighted by Crippen LogP contribution is -2.43. The molecule has 2 aliphatic rings. The van der Waals surface area contributed by atoms with Gasteiger partial charge in [0.05, 0.1) is 5.69 Å². The summed E-state index contributed by atoms with van der Waals surface area (Å²) in [6.45, 7) is 6.99. The van der Waals surface area contributed by atoms with E-state index in [0.717, 1.165) is 18.4 Å². The fourth-order valence-corrected chi connectivity index (χ4v) is 6.24. The molecule has 1 saturated heterocycles. The number of hydrogen-bond donors (Lipinski definition) is 0. The molecular weight excluding hydrogens is 424 g/mol. The summed E-state index contributed by atoms with van der Waals surface area (Å²) < 4.78 is 29.2. The summed E-state index contributed by atoms with van der Waals surface area (Å²) in [5.41, 5.74) is 1.82. The van der Waals surface area contributed by atoms with Crippen molar-refractivity contribution in [2.45, 2.75) is 33.6 Å². The number of Topliss-reactive ketones (excluding diaryl/α,β-unsaturated/α-hetero) is 2. The van der Waals surface area contributed by atoms with Crippen LogP contribution in [0.3, 0.4) is 0 Å². The summed E-state index contributed by atoms with van der Waals surface area (Å²) in [6, 6.07) is 13.6.